The van der Waals surface area contributed by atoms with Gasteiger partial charge in [0.1, 0.15) is 11.5 Å². The number of carbonyl (C=O) groups is 5. The van der Waals surface area contributed by atoms with E-state index >= 15 is 9.18 Å². The number of aryl methyl sites for hydroxylation is 2. The number of aromatic nitrogens is 2. The lowest BCUT2D eigenvalue weighted by molar-refractivity contribution is -0.131. The van der Waals surface area contributed by atoms with Gasteiger partial charge >= 0.3 is 0 Å². The van der Waals surface area contributed by atoms with Crippen LogP contribution in [0.25, 0.3) is 20.7 Å². The number of hydrogen-bond donors (Lipinski definition) is 1. The van der Waals surface area contributed by atoms with Crippen LogP contribution in [0.2, 0.25) is 5.02 Å². The molecule has 10 nitrogen and oxygen atoms in total. The van der Waals surface area contributed by atoms with E-state index in [4.69, 9.17) is 16.7 Å². The Morgan fingerprint density at radius 1 is 0.982 bits per heavy atom. The minimum Gasteiger partial charge on any atom is -0.505 e. The van der Waals surface area contributed by atoms with Gasteiger partial charge < -0.3 is 5.11 Å². The summed E-state index contributed by atoms with van der Waals surface area (Å²) in [6, 6.07) is 17.7. The molecule has 0 bridgehead atoms. The van der Waals surface area contributed by atoms with Crippen molar-refractivity contribution in [3.63, 3.8) is 0 Å². The van der Waals surface area contributed by atoms with Crippen molar-refractivity contribution in [1.29, 1.82) is 0 Å². The number of amides is 4. The van der Waals surface area contributed by atoms with Crippen molar-refractivity contribution in [3.05, 3.63) is 106 Å². The zero-order chi connectivity index (χ0) is 38.8. The standard InChI is InChI=1S/C42H34ClFN4O6S/c1-19-27-16-22(43)10-15-32(27)55-37(19)31-18-33(46(4)45-31)48-39(52)29-17-28-24(35(42(29,3)41(48)54)26-6-5-7-30(44)36(26)50)13-14-25-34(28)40(53)47(38(25)51)23-11-8-21(9-12-23)20(2)49/h5-13,15-16,18,25,28-29,34-35,50H,14,17H2,1-4H3. The summed E-state index contributed by atoms with van der Waals surface area (Å²) in [5, 5.41) is 17.6. The number of allylic oxidation sites excluding steroid dienone is 2. The molecule has 2 saturated heterocycles. The van der Waals surface area contributed by atoms with Crippen molar-refractivity contribution < 1.29 is 33.5 Å². The van der Waals surface area contributed by atoms with Gasteiger partial charge in [0.25, 0.3) is 0 Å². The first-order chi connectivity index (χ1) is 26.2. The molecule has 4 heterocycles. The summed E-state index contributed by atoms with van der Waals surface area (Å²) < 4.78 is 17.7. The summed E-state index contributed by atoms with van der Waals surface area (Å²) in [7, 11) is 1.66. The van der Waals surface area contributed by atoms with Crippen molar-refractivity contribution in [1.82, 2.24) is 9.78 Å². The summed E-state index contributed by atoms with van der Waals surface area (Å²) in [4.78, 5) is 73.3. The zero-order valence-electron chi connectivity index (χ0n) is 30.2. The number of thiophene rings is 1. The Hall–Kier alpha value is -5.46. The smallest absolute Gasteiger partial charge is 0.242 e. The van der Waals surface area contributed by atoms with E-state index in [0.717, 1.165) is 36.4 Å². The van der Waals surface area contributed by atoms with Gasteiger partial charge in [-0.25, -0.2) is 9.29 Å². The van der Waals surface area contributed by atoms with Crippen LogP contribution in [-0.4, -0.2) is 44.3 Å². The van der Waals surface area contributed by atoms with Crippen LogP contribution >= 0.6 is 22.9 Å². The number of fused-ring (bicyclic) bond motifs is 5. The zero-order valence-corrected chi connectivity index (χ0v) is 31.7. The molecule has 13 heteroatoms. The Morgan fingerprint density at radius 2 is 1.73 bits per heavy atom. The number of ketones is 1. The quantitative estimate of drug-likeness (QED) is 0.110. The highest BCUT2D eigenvalue weighted by Crippen LogP contribution is 2.64. The second-order valence-electron chi connectivity index (χ2n) is 15.2. The van der Waals surface area contributed by atoms with E-state index < -0.39 is 70.2 Å². The molecule has 6 unspecified atom stereocenters. The number of Topliss-reactive ketones (excluding diaryl/α,β-unsaturated/α-hetero) is 1. The van der Waals surface area contributed by atoms with E-state index in [1.165, 1.54) is 29.0 Å². The first-order valence-electron chi connectivity index (χ1n) is 18.0. The maximum atomic E-state index is 15.2. The lowest BCUT2D eigenvalue weighted by atomic mass is 9.51. The largest absolute Gasteiger partial charge is 0.505 e. The summed E-state index contributed by atoms with van der Waals surface area (Å²) in [5.74, 6) is -7.57. The summed E-state index contributed by atoms with van der Waals surface area (Å²) in [6.45, 7) is 5.08. The average Bonchev–Trinajstić information content (AvgIpc) is 3.83. The number of phenols is 1. The van der Waals surface area contributed by atoms with Crippen LogP contribution in [-0.2, 0) is 26.2 Å². The predicted octanol–water partition coefficient (Wildman–Crippen LogP) is 7.75. The number of imide groups is 2. The molecular weight excluding hydrogens is 743 g/mol. The van der Waals surface area contributed by atoms with Crippen molar-refractivity contribution in [3.8, 4) is 16.3 Å². The van der Waals surface area contributed by atoms with Gasteiger partial charge in [0.15, 0.2) is 17.3 Å². The van der Waals surface area contributed by atoms with Gasteiger partial charge in [-0.15, -0.1) is 11.3 Å². The molecule has 2 aliphatic heterocycles. The van der Waals surface area contributed by atoms with Crippen molar-refractivity contribution >= 4 is 73.9 Å². The topological polar surface area (TPSA) is 130 Å². The monoisotopic (exact) mass is 776 g/mol. The average molecular weight is 777 g/mol. The van der Waals surface area contributed by atoms with Gasteiger partial charge in [-0.1, -0.05) is 35.4 Å². The van der Waals surface area contributed by atoms with Crippen LogP contribution in [0, 0.1) is 41.8 Å². The molecule has 1 N–H and O–H groups in total. The first kappa shape index (κ1) is 35.3. The third kappa shape index (κ3) is 4.90. The Kier molecular flexibility index (Phi) is 7.87. The molecule has 0 spiro atoms. The number of hydrogen-bond acceptors (Lipinski definition) is 8. The molecule has 278 valence electrons. The number of anilines is 2. The first-order valence-corrected chi connectivity index (χ1v) is 19.2. The molecule has 2 aromatic heterocycles. The molecular formula is C42H34ClFN4O6S. The molecule has 6 atom stereocenters. The van der Waals surface area contributed by atoms with Gasteiger partial charge in [0, 0.05) is 39.9 Å². The van der Waals surface area contributed by atoms with E-state index in [-0.39, 0.29) is 30.0 Å². The maximum Gasteiger partial charge on any atom is 0.242 e. The Morgan fingerprint density at radius 3 is 2.45 bits per heavy atom. The third-order valence-electron chi connectivity index (χ3n) is 12.4. The molecule has 0 radical (unpaired) electrons. The SMILES string of the molecule is CC(=O)c1ccc(N2C(=O)C3CC=C4C(CC5C(=O)N(c6cc(-c7sc8ccc(Cl)cc8c7C)nn6C)C(=O)C5(C)C4c4cccc(F)c4O)C3C2=O)cc1. The number of halogens is 2. The fraction of sp³-hybridized carbons (Fsp3) is 0.286. The van der Waals surface area contributed by atoms with E-state index in [1.807, 2.05) is 31.2 Å². The molecule has 2 aliphatic carbocycles. The van der Waals surface area contributed by atoms with Gasteiger partial charge in [-0.2, -0.15) is 5.10 Å². The second kappa shape index (κ2) is 12.3. The third-order valence-corrected chi connectivity index (χ3v) is 13.9. The fourth-order valence-electron chi connectivity index (χ4n) is 9.66. The fourth-order valence-corrected chi connectivity index (χ4v) is 11.0. The van der Waals surface area contributed by atoms with Gasteiger partial charge in [-0.3, -0.25) is 33.6 Å². The molecule has 3 aromatic carbocycles. The second-order valence-corrected chi connectivity index (χ2v) is 16.7. The van der Waals surface area contributed by atoms with E-state index in [1.54, 1.807) is 50.4 Å². The predicted molar refractivity (Wildman–Crippen MR) is 205 cm³/mol. The Balaban J connectivity index is 1.14. The Bertz CT molecular complexity index is 2600. The number of aromatic hydroxyl groups is 1. The van der Waals surface area contributed by atoms with E-state index in [0.29, 0.717) is 27.5 Å². The van der Waals surface area contributed by atoms with Crippen LogP contribution in [0.3, 0.4) is 0 Å². The van der Waals surface area contributed by atoms with Gasteiger partial charge in [0.2, 0.25) is 23.6 Å². The maximum absolute atomic E-state index is 15.2. The van der Waals surface area contributed by atoms with E-state index in [9.17, 15) is 24.3 Å². The molecule has 9 rings (SSSR count). The molecule has 1 saturated carbocycles. The highest BCUT2D eigenvalue weighted by molar-refractivity contribution is 7.22. The summed E-state index contributed by atoms with van der Waals surface area (Å²) in [6.07, 6.45) is 2.09. The van der Waals surface area contributed by atoms with Gasteiger partial charge in [0.05, 0.1) is 33.7 Å². The van der Waals surface area contributed by atoms with Crippen LogP contribution in [0.5, 0.6) is 5.75 Å². The minimum atomic E-state index is -1.50. The summed E-state index contributed by atoms with van der Waals surface area (Å²) in [5.41, 5.74) is 1.54. The van der Waals surface area contributed by atoms with Crippen molar-refractivity contribution in [2.24, 2.45) is 36.1 Å². The van der Waals surface area contributed by atoms with Crippen LogP contribution < -0.4 is 9.80 Å². The van der Waals surface area contributed by atoms with Crippen LogP contribution in [0.1, 0.15) is 54.1 Å². The number of para-hydroxylation sites is 1. The van der Waals surface area contributed by atoms with Crippen LogP contribution in [0.4, 0.5) is 15.9 Å². The normalized spacial score (nSPS) is 26.1. The highest BCUT2D eigenvalue weighted by atomic mass is 35.5. The number of benzene rings is 3. The van der Waals surface area contributed by atoms with Crippen LogP contribution in [0.15, 0.2) is 78.4 Å². The number of nitrogens with zero attached hydrogens (tertiary/aromatic N) is 4. The molecule has 4 amide bonds. The van der Waals surface area contributed by atoms with Crippen molar-refractivity contribution in [2.75, 3.05) is 9.80 Å². The summed E-state index contributed by atoms with van der Waals surface area (Å²) >= 11 is 7.82. The molecule has 4 aliphatic rings. The Labute approximate surface area is 323 Å². The van der Waals surface area contributed by atoms with Gasteiger partial charge in [-0.05, 0) is 99.0 Å². The number of carbonyl (C=O) groups excluding carboxylic acids is 5. The number of phenolic OH excluding ortho intramolecular Hbond substituents is 1. The van der Waals surface area contributed by atoms with Crippen molar-refractivity contribution in [2.45, 2.75) is 39.5 Å². The molecule has 5 aromatic rings. The lowest BCUT2D eigenvalue weighted by Crippen LogP contribution is -2.49. The van der Waals surface area contributed by atoms with E-state index in [2.05, 4.69) is 0 Å². The number of rotatable bonds is 5. The lowest BCUT2D eigenvalue weighted by Gasteiger charge is -2.49. The highest BCUT2D eigenvalue weighted by Gasteiger charge is 2.68. The minimum absolute atomic E-state index is 0.0776. The molecule has 3 fully saturated rings. The molecule has 55 heavy (non-hydrogen) atoms.